The standard InChI is InChI=1S/C13H16BrNO4S/c1-7-4-11(8(2)3-9(7)14)20-6-12(17)15-10(5-16)13(18)19/h3-4,10,16H,5-6H2,1-2H3,(H,15,17)(H,18,19). The van der Waals surface area contributed by atoms with E-state index in [-0.39, 0.29) is 5.75 Å². The highest BCUT2D eigenvalue weighted by Crippen LogP contribution is 2.28. The van der Waals surface area contributed by atoms with Crippen molar-refractivity contribution in [3.63, 3.8) is 0 Å². The smallest absolute Gasteiger partial charge is 0.328 e. The summed E-state index contributed by atoms with van der Waals surface area (Å²) in [5.74, 6) is -1.57. The molecule has 1 aromatic rings. The van der Waals surface area contributed by atoms with E-state index in [2.05, 4.69) is 21.2 Å². The molecule has 110 valence electrons. The lowest BCUT2D eigenvalue weighted by atomic mass is 10.2. The molecule has 0 saturated carbocycles. The topological polar surface area (TPSA) is 86.6 Å². The summed E-state index contributed by atoms with van der Waals surface area (Å²) in [6, 6.07) is 2.69. The number of rotatable bonds is 6. The highest BCUT2D eigenvalue weighted by atomic mass is 79.9. The Balaban J connectivity index is 2.61. The molecule has 0 aliphatic carbocycles. The second-order valence-electron chi connectivity index (χ2n) is 4.30. The molecule has 0 aromatic heterocycles. The number of aryl methyl sites for hydroxylation is 2. The van der Waals surface area contributed by atoms with E-state index in [1.165, 1.54) is 11.8 Å². The van der Waals surface area contributed by atoms with Crippen molar-refractivity contribution in [2.24, 2.45) is 0 Å². The van der Waals surface area contributed by atoms with E-state index < -0.39 is 24.5 Å². The maximum absolute atomic E-state index is 11.6. The molecule has 3 N–H and O–H groups in total. The van der Waals surface area contributed by atoms with Gasteiger partial charge in [0.05, 0.1) is 12.4 Å². The van der Waals surface area contributed by atoms with Gasteiger partial charge in [-0.3, -0.25) is 4.79 Å². The molecule has 5 nitrogen and oxygen atoms in total. The van der Waals surface area contributed by atoms with Gasteiger partial charge in [-0.25, -0.2) is 4.79 Å². The zero-order chi connectivity index (χ0) is 15.3. The number of carboxylic acids is 1. The molecule has 20 heavy (non-hydrogen) atoms. The molecule has 0 aliphatic heterocycles. The number of carbonyl (C=O) groups excluding carboxylic acids is 1. The molecule has 0 bridgehead atoms. The van der Waals surface area contributed by atoms with E-state index in [4.69, 9.17) is 10.2 Å². The van der Waals surface area contributed by atoms with Gasteiger partial charge in [0.15, 0.2) is 0 Å². The Bertz CT molecular complexity index is 521. The van der Waals surface area contributed by atoms with E-state index in [9.17, 15) is 9.59 Å². The first-order chi connectivity index (χ1) is 9.35. The average molecular weight is 362 g/mol. The van der Waals surface area contributed by atoms with Gasteiger partial charge in [-0.15, -0.1) is 11.8 Å². The number of hydrogen-bond acceptors (Lipinski definition) is 4. The van der Waals surface area contributed by atoms with Crippen molar-refractivity contribution in [1.82, 2.24) is 5.32 Å². The van der Waals surface area contributed by atoms with Crippen LogP contribution in [0.5, 0.6) is 0 Å². The normalized spacial score (nSPS) is 12.0. The van der Waals surface area contributed by atoms with Gasteiger partial charge in [0.25, 0.3) is 0 Å². The van der Waals surface area contributed by atoms with Gasteiger partial charge in [0, 0.05) is 9.37 Å². The van der Waals surface area contributed by atoms with Gasteiger partial charge in [0.1, 0.15) is 6.04 Å². The van der Waals surface area contributed by atoms with Gasteiger partial charge in [-0.05, 0) is 37.1 Å². The average Bonchev–Trinajstić information content (AvgIpc) is 2.38. The lowest BCUT2D eigenvalue weighted by Crippen LogP contribution is -2.44. The van der Waals surface area contributed by atoms with Gasteiger partial charge >= 0.3 is 5.97 Å². The number of thioether (sulfide) groups is 1. The first kappa shape index (κ1) is 17.0. The van der Waals surface area contributed by atoms with Crippen LogP contribution in [0.25, 0.3) is 0 Å². The number of halogens is 1. The van der Waals surface area contributed by atoms with Crippen LogP contribution in [0.1, 0.15) is 11.1 Å². The van der Waals surface area contributed by atoms with Crippen molar-refractivity contribution in [2.75, 3.05) is 12.4 Å². The molecule has 1 aromatic carbocycles. The van der Waals surface area contributed by atoms with Crippen LogP contribution in [0.4, 0.5) is 0 Å². The van der Waals surface area contributed by atoms with E-state index in [1.54, 1.807) is 0 Å². The molecule has 1 unspecified atom stereocenters. The minimum absolute atomic E-state index is 0.103. The summed E-state index contributed by atoms with van der Waals surface area (Å²) < 4.78 is 1.01. The minimum atomic E-state index is -1.25. The number of nitrogens with one attached hydrogen (secondary N) is 1. The zero-order valence-electron chi connectivity index (χ0n) is 11.1. The third kappa shape index (κ3) is 4.81. The maximum atomic E-state index is 11.6. The van der Waals surface area contributed by atoms with Crippen LogP contribution in [-0.4, -0.2) is 40.5 Å². The van der Waals surface area contributed by atoms with Crippen LogP contribution < -0.4 is 5.32 Å². The van der Waals surface area contributed by atoms with Crippen LogP contribution in [0.3, 0.4) is 0 Å². The summed E-state index contributed by atoms with van der Waals surface area (Å²) in [4.78, 5) is 23.3. The summed E-state index contributed by atoms with van der Waals surface area (Å²) in [7, 11) is 0. The highest BCUT2D eigenvalue weighted by molar-refractivity contribution is 9.10. The molecule has 0 spiro atoms. The Morgan fingerprint density at radius 2 is 2.00 bits per heavy atom. The van der Waals surface area contributed by atoms with Crippen molar-refractivity contribution in [2.45, 2.75) is 24.8 Å². The number of hydrogen-bond donors (Lipinski definition) is 3. The molecule has 0 fully saturated rings. The summed E-state index contributed by atoms with van der Waals surface area (Å²) >= 11 is 4.77. The molecule has 0 radical (unpaired) electrons. The summed E-state index contributed by atoms with van der Waals surface area (Å²) in [5, 5.41) is 19.8. The van der Waals surface area contributed by atoms with E-state index in [0.29, 0.717) is 0 Å². The molecule has 1 rings (SSSR count). The molecule has 1 atom stereocenters. The number of carboxylic acid groups (broad SMARTS) is 1. The van der Waals surface area contributed by atoms with E-state index in [1.807, 2.05) is 26.0 Å². The third-order valence-electron chi connectivity index (χ3n) is 2.63. The van der Waals surface area contributed by atoms with Gasteiger partial charge < -0.3 is 15.5 Å². The van der Waals surface area contributed by atoms with Crippen LogP contribution in [0.15, 0.2) is 21.5 Å². The number of aliphatic hydroxyl groups excluding tert-OH is 1. The van der Waals surface area contributed by atoms with Gasteiger partial charge in [-0.2, -0.15) is 0 Å². The summed E-state index contributed by atoms with van der Waals surface area (Å²) in [5.41, 5.74) is 2.11. The predicted molar refractivity (Wildman–Crippen MR) is 81.0 cm³/mol. The van der Waals surface area contributed by atoms with Crippen molar-refractivity contribution in [3.05, 3.63) is 27.7 Å². The first-order valence-electron chi connectivity index (χ1n) is 5.87. The fraction of sp³-hybridized carbons (Fsp3) is 0.385. The third-order valence-corrected chi connectivity index (χ3v) is 4.64. The maximum Gasteiger partial charge on any atom is 0.328 e. The number of benzene rings is 1. The molecular formula is C13H16BrNO4S. The molecule has 0 aliphatic rings. The van der Waals surface area contributed by atoms with Crippen molar-refractivity contribution < 1.29 is 19.8 Å². The molecular weight excluding hydrogens is 346 g/mol. The monoisotopic (exact) mass is 361 g/mol. The van der Waals surface area contributed by atoms with Crippen molar-refractivity contribution >= 4 is 39.6 Å². The molecule has 7 heteroatoms. The number of aliphatic carboxylic acids is 1. The fourth-order valence-corrected chi connectivity index (χ4v) is 2.85. The molecule has 0 saturated heterocycles. The van der Waals surface area contributed by atoms with Crippen LogP contribution in [0, 0.1) is 13.8 Å². The zero-order valence-corrected chi connectivity index (χ0v) is 13.5. The lowest BCUT2D eigenvalue weighted by Gasteiger charge is -2.12. The number of carbonyl (C=O) groups is 2. The Morgan fingerprint density at radius 1 is 1.35 bits per heavy atom. The SMILES string of the molecule is Cc1cc(SCC(=O)NC(CO)C(=O)O)c(C)cc1Br. The first-order valence-corrected chi connectivity index (χ1v) is 7.65. The quantitative estimate of drug-likeness (QED) is 0.671. The summed E-state index contributed by atoms with van der Waals surface area (Å²) in [6.45, 7) is 3.28. The van der Waals surface area contributed by atoms with E-state index >= 15 is 0 Å². The Hall–Kier alpha value is -1.05. The van der Waals surface area contributed by atoms with Crippen LogP contribution >= 0.6 is 27.7 Å². The summed E-state index contributed by atoms with van der Waals surface area (Å²) in [6.07, 6.45) is 0. The van der Waals surface area contributed by atoms with Crippen molar-refractivity contribution in [3.8, 4) is 0 Å². The van der Waals surface area contributed by atoms with Crippen LogP contribution in [-0.2, 0) is 9.59 Å². The number of aliphatic hydroxyl groups is 1. The fourth-order valence-electron chi connectivity index (χ4n) is 1.47. The highest BCUT2D eigenvalue weighted by Gasteiger charge is 2.18. The van der Waals surface area contributed by atoms with Crippen LogP contribution in [0.2, 0.25) is 0 Å². The Morgan fingerprint density at radius 3 is 2.55 bits per heavy atom. The second kappa shape index (κ2) is 7.66. The predicted octanol–water partition coefficient (Wildman–Crippen LogP) is 1.72. The van der Waals surface area contributed by atoms with Gasteiger partial charge in [0.2, 0.25) is 5.91 Å². The van der Waals surface area contributed by atoms with E-state index in [0.717, 1.165) is 20.5 Å². The Kier molecular flexibility index (Phi) is 6.51. The molecule has 1 amide bonds. The lowest BCUT2D eigenvalue weighted by molar-refractivity contribution is -0.142. The second-order valence-corrected chi connectivity index (χ2v) is 6.17. The number of amides is 1. The Labute approximate surface area is 129 Å². The molecule has 0 heterocycles. The largest absolute Gasteiger partial charge is 0.480 e. The minimum Gasteiger partial charge on any atom is -0.480 e. The van der Waals surface area contributed by atoms with Gasteiger partial charge in [-0.1, -0.05) is 15.9 Å². The van der Waals surface area contributed by atoms with Crippen molar-refractivity contribution in [1.29, 1.82) is 0 Å².